The molecule has 45 valence electrons. The molecule has 4 heteroatoms. The van der Waals surface area contributed by atoms with E-state index in [1.807, 2.05) is 0 Å². The van der Waals surface area contributed by atoms with Crippen molar-refractivity contribution in [3.05, 3.63) is 6.42 Å². The maximum atomic E-state index is 11.9. The minimum absolute atomic E-state index is 0.101. The van der Waals surface area contributed by atoms with Crippen LogP contribution in [-0.4, -0.2) is 16.8 Å². The average molecular weight is 120 g/mol. The van der Waals surface area contributed by atoms with Gasteiger partial charge in [0.05, 0.1) is 0 Å². The SMILES string of the molecule is ON=C1C[CH]C1(F)F. The zero-order valence-corrected chi connectivity index (χ0v) is 3.93. The summed E-state index contributed by atoms with van der Waals surface area (Å²) in [5, 5.41) is 10.2. The normalized spacial score (nSPS) is 30.0. The molecular weight excluding hydrogens is 116 g/mol. The highest BCUT2D eigenvalue weighted by atomic mass is 19.3. The largest absolute Gasteiger partial charge is 0.411 e. The minimum Gasteiger partial charge on any atom is -0.411 e. The number of alkyl halides is 2. The first-order chi connectivity index (χ1) is 3.67. The average Bonchev–Trinajstić information content (AvgIpc) is 1.66. The first-order valence-corrected chi connectivity index (χ1v) is 2.10. The van der Waals surface area contributed by atoms with Crippen molar-refractivity contribution in [3.63, 3.8) is 0 Å². The summed E-state index contributed by atoms with van der Waals surface area (Å²) in [6.45, 7) is 0. The van der Waals surface area contributed by atoms with Gasteiger partial charge in [-0.15, -0.1) is 0 Å². The monoisotopic (exact) mass is 120 g/mol. The molecule has 0 aromatic carbocycles. The summed E-state index contributed by atoms with van der Waals surface area (Å²) in [6.07, 6.45) is 0.894. The number of oxime groups is 1. The van der Waals surface area contributed by atoms with Gasteiger partial charge < -0.3 is 5.21 Å². The van der Waals surface area contributed by atoms with Crippen LogP contribution in [0.5, 0.6) is 0 Å². The van der Waals surface area contributed by atoms with Gasteiger partial charge in [0.2, 0.25) is 0 Å². The second-order valence-electron chi connectivity index (χ2n) is 1.58. The van der Waals surface area contributed by atoms with Crippen LogP contribution in [0.15, 0.2) is 5.16 Å². The summed E-state index contributed by atoms with van der Waals surface area (Å²) in [4.78, 5) is 0. The van der Waals surface area contributed by atoms with Crippen LogP contribution in [0.4, 0.5) is 8.78 Å². The molecular formula is C4H4F2NO. The van der Waals surface area contributed by atoms with E-state index in [2.05, 4.69) is 5.16 Å². The molecule has 1 fully saturated rings. The molecule has 0 aliphatic heterocycles. The maximum absolute atomic E-state index is 11.9. The summed E-state index contributed by atoms with van der Waals surface area (Å²) in [7, 11) is 0. The Hall–Kier alpha value is -0.670. The summed E-state index contributed by atoms with van der Waals surface area (Å²) in [5.74, 6) is -2.94. The molecule has 0 bridgehead atoms. The van der Waals surface area contributed by atoms with E-state index in [1.165, 1.54) is 0 Å². The van der Waals surface area contributed by atoms with Gasteiger partial charge in [-0.25, -0.2) is 0 Å². The summed E-state index contributed by atoms with van der Waals surface area (Å²) in [6, 6.07) is 0. The minimum atomic E-state index is -2.94. The Kier molecular flexibility index (Phi) is 0.957. The predicted octanol–water partition coefficient (Wildman–Crippen LogP) is 1.06. The Morgan fingerprint density at radius 1 is 1.75 bits per heavy atom. The number of hydrogen-bond acceptors (Lipinski definition) is 2. The van der Waals surface area contributed by atoms with Crippen molar-refractivity contribution in [2.24, 2.45) is 5.16 Å². The number of hydrogen-bond donors (Lipinski definition) is 1. The van der Waals surface area contributed by atoms with Crippen molar-refractivity contribution >= 4 is 5.71 Å². The smallest absolute Gasteiger partial charge is 0.292 e. The van der Waals surface area contributed by atoms with Gasteiger partial charge in [0.15, 0.2) is 0 Å². The van der Waals surface area contributed by atoms with Gasteiger partial charge in [0.25, 0.3) is 5.92 Å². The number of nitrogens with zero attached hydrogens (tertiary/aromatic N) is 1. The molecule has 8 heavy (non-hydrogen) atoms. The molecule has 2 nitrogen and oxygen atoms in total. The lowest BCUT2D eigenvalue weighted by Crippen LogP contribution is -2.39. The molecule has 0 aromatic heterocycles. The fourth-order valence-electron chi connectivity index (χ4n) is 0.455. The first kappa shape index (κ1) is 5.47. The second-order valence-corrected chi connectivity index (χ2v) is 1.58. The molecule has 0 spiro atoms. The Balaban J connectivity index is 2.63. The van der Waals surface area contributed by atoms with E-state index in [0.717, 1.165) is 6.42 Å². The van der Waals surface area contributed by atoms with Gasteiger partial charge in [-0.2, -0.15) is 8.78 Å². The van der Waals surface area contributed by atoms with E-state index in [1.54, 1.807) is 0 Å². The third kappa shape index (κ3) is 0.562. The van der Waals surface area contributed by atoms with E-state index < -0.39 is 11.6 Å². The summed E-state index contributed by atoms with van der Waals surface area (Å²) < 4.78 is 23.7. The van der Waals surface area contributed by atoms with Crippen LogP contribution in [0.1, 0.15) is 6.42 Å². The zero-order valence-electron chi connectivity index (χ0n) is 3.93. The summed E-state index contributed by atoms with van der Waals surface area (Å²) in [5.41, 5.74) is -0.447. The van der Waals surface area contributed by atoms with E-state index in [-0.39, 0.29) is 6.42 Å². The summed E-state index contributed by atoms with van der Waals surface area (Å²) >= 11 is 0. The molecule has 0 heterocycles. The van der Waals surface area contributed by atoms with Crippen molar-refractivity contribution in [1.29, 1.82) is 0 Å². The molecule has 0 atom stereocenters. The number of halogens is 2. The molecule has 1 aliphatic carbocycles. The van der Waals surface area contributed by atoms with Crippen molar-refractivity contribution in [2.45, 2.75) is 12.3 Å². The molecule has 0 unspecified atom stereocenters. The van der Waals surface area contributed by atoms with E-state index in [0.29, 0.717) is 0 Å². The molecule has 1 saturated carbocycles. The van der Waals surface area contributed by atoms with Gasteiger partial charge in [0, 0.05) is 12.8 Å². The van der Waals surface area contributed by atoms with Gasteiger partial charge in [-0.3, -0.25) is 0 Å². The zero-order chi connectivity index (χ0) is 6.20. The lowest BCUT2D eigenvalue weighted by atomic mass is 9.92. The lowest BCUT2D eigenvalue weighted by Gasteiger charge is -2.24. The molecule has 1 aliphatic rings. The van der Waals surface area contributed by atoms with Gasteiger partial charge >= 0.3 is 0 Å². The maximum Gasteiger partial charge on any atom is 0.292 e. The van der Waals surface area contributed by atoms with Crippen molar-refractivity contribution in [1.82, 2.24) is 0 Å². The molecule has 0 saturated heterocycles. The van der Waals surface area contributed by atoms with Crippen molar-refractivity contribution in [3.8, 4) is 0 Å². The second kappa shape index (κ2) is 1.40. The van der Waals surface area contributed by atoms with E-state index in [4.69, 9.17) is 5.21 Å². The Bertz CT molecular complexity index is 132. The van der Waals surface area contributed by atoms with Crippen LogP contribution in [0.2, 0.25) is 0 Å². The molecule has 1 N–H and O–H groups in total. The van der Waals surface area contributed by atoms with Crippen LogP contribution in [0.25, 0.3) is 0 Å². The lowest BCUT2D eigenvalue weighted by molar-refractivity contribution is 0.0836. The highest BCUT2D eigenvalue weighted by Gasteiger charge is 2.45. The first-order valence-electron chi connectivity index (χ1n) is 2.10. The Morgan fingerprint density at radius 3 is 2.38 bits per heavy atom. The van der Waals surface area contributed by atoms with Crippen molar-refractivity contribution < 1.29 is 14.0 Å². The fourth-order valence-corrected chi connectivity index (χ4v) is 0.455. The van der Waals surface area contributed by atoms with Crippen molar-refractivity contribution in [2.75, 3.05) is 0 Å². The topological polar surface area (TPSA) is 32.6 Å². The van der Waals surface area contributed by atoms with Crippen LogP contribution in [0.3, 0.4) is 0 Å². The standard InChI is InChI=1S/C4H4F2NO/c5-4(6)2-1-3(4)7-8/h2,8H,1H2. The molecule has 1 radical (unpaired) electrons. The third-order valence-corrected chi connectivity index (χ3v) is 1.06. The molecule has 1 rings (SSSR count). The predicted molar refractivity (Wildman–Crippen MR) is 23.1 cm³/mol. The van der Waals surface area contributed by atoms with Crippen LogP contribution < -0.4 is 0 Å². The number of rotatable bonds is 0. The van der Waals surface area contributed by atoms with Gasteiger partial charge in [-0.1, -0.05) is 5.16 Å². The van der Waals surface area contributed by atoms with E-state index in [9.17, 15) is 8.78 Å². The third-order valence-electron chi connectivity index (χ3n) is 1.06. The van der Waals surface area contributed by atoms with E-state index >= 15 is 0 Å². The van der Waals surface area contributed by atoms with Crippen LogP contribution in [0, 0.1) is 6.42 Å². The van der Waals surface area contributed by atoms with Gasteiger partial charge in [0.1, 0.15) is 5.71 Å². The molecule has 0 amide bonds. The highest BCUT2D eigenvalue weighted by molar-refractivity contribution is 5.99. The Morgan fingerprint density at radius 2 is 2.38 bits per heavy atom. The quantitative estimate of drug-likeness (QED) is 0.376. The van der Waals surface area contributed by atoms with Crippen LogP contribution in [-0.2, 0) is 0 Å². The fraction of sp³-hybridized carbons (Fsp3) is 0.500. The molecule has 0 aromatic rings. The highest BCUT2D eigenvalue weighted by Crippen LogP contribution is 2.32. The van der Waals surface area contributed by atoms with Gasteiger partial charge in [-0.05, 0) is 0 Å². The van der Waals surface area contributed by atoms with Crippen LogP contribution >= 0.6 is 0 Å². The Labute approximate surface area is 44.8 Å².